The SMILES string of the molecule is Cc1nc(NC(=O)COC(=O)[C@H]2CS[C@]3(c4ccc(F)cc4)CCC(=O)N23)c(Cl)cc1Cl. The standard InChI is InChI=1S/C21H18Cl2FN3O4S/c1-11-14(22)8-15(23)19(25-11)26-17(28)9-31-20(30)16-10-32-21(7-6-18(29)27(16)21)12-2-4-13(24)5-3-12/h2-5,8,16H,6-7,9-10H2,1H3,(H,25,26,28)/t16-,21+/m1/s1. The maximum Gasteiger partial charge on any atom is 0.330 e. The molecule has 11 heteroatoms. The molecule has 0 saturated carbocycles. The van der Waals surface area contributed by atoms with Crippen LogP contribution in [0.15, 0.2) is 30.3 Å². The van der Waals surface area contributed by atoms with Crippen LogP contribution in [0.3, 0.4) is 0 Å². The summed E-state index contributed by atoms with van der Waals surface area (Å²) in [7, 11) is 0. The summed E-state index contributed by atoms with van der Waals surface area (Å²) in [6.07, 6.45) is 0.779. The number of hydrogen-bond acceptors (Lipinski definition) is 6. The minimum Gasteiger partial charge on any atom is -0.454 e. The van der Waals surface area contributed by atoms with Crippen molar-refractivity contribution in [3.05, 3.63) is 57.5 Å². The van der Waals surface area contributed by atoms with Crippen LogP contribution in [0.4, 0.5) is 10.2 Å². The summed E-state index contributed by atoms with van der Waals surface area (Å²) in [5.41, 5.74) is 1.23. The highest BCUT2D eigenvalue weighted by Crippen LogP contribution is 2.54. The van der Waals surface area contributed by atoms with Gasteiger partial charge in [-0.05, 0) is 37.1 Å². The van der Waals surface area contributed by atoms with Crippen molar-refractivity contribution in [1.29, 1.82) is 0 Å². The van der Waals surface area contributed by atoms with Crippen LogP contribution in [0.2, 0.25) is 10.0 Å². The number of aryl methyl sites for hydroxylation is 1. The molecule has 32 heavy (non-hydrogen) atoms. The Balaban J connectivity index is 1.43. The fraction of sp³-hybridized carbons (Fsp3) is 0.333. The van der Waals surface area contributed by atoms with Gasteiger partial charge in [0.05, 0.1) is 15.7 Å². The summed E-state index contributed by atoms with van der Waals surface area (Å²) >= 11 is 13.4. The normalized spacial score (nSPS) is 22.1. The molecule has 0 aliphatic carbocycles. The smallest absolute Gasteiger partial charge is 0.330 e. The van der Waals surface area contributed by atoms with Crippen LogP contribution >= 0.6 is 35.0 Å². The number of esters is 1. The molecule has 168 valence electrons. The van der Waals surface area contributed by atoms with Crippen molar-refractivity contribution in [2.24, 2.45) is 0 Å². The Hall–Kier alpha value is -2.36. The molecule has 0 bridgehead atoms. The van der Waals surface area contributed by atoms with Crippen molar-refractivity contribution in [2.75, 3.05) is 17.7 Å². The van der Waals surface area contributed by atoms with Crippen molar-refractivity contribution < 1.29 is 23.5 Å². The number of thioether (sulfide) groups is 1. The van der Waals surface area contributed by atoms with Gasteiger partial charge in [0.25, 0.3) is 5.91 Å². The first-order valence-corrected chi connectivity index (χ1v) is 11.5. The number of nitrogens with zero attached hydrogens (tertiary/aromatic N) is 2. The number of hydrogen-bond donors (Lipinski definition) is 1. The Morgan fingerprint density at radius 3 is 2.75 bits per heavy atom. The van der Waals surface area contributed by atoms with Crippen molar-refractivity contribution >= 4 is 58.6 Å². The molecule has 2 aliphatic rings. The molecule has 2 aromatic rings. The van der Waals surface area contributed by atoms with Gasteiger partial charge in [0.15, 0.2) is 12.4 Å². The highest BCUT2D eigenvalue weighted by Gasteiger charge is 2.57. The number of ether oxygens (including phenoxy) is 1. The summed E-state index contributed by atoms with van der Waals surface area (Å²) in [5.74, 6) is -1.45. The van der Waals surface area contributed by atoms with E-state index in [2.05, 4.69) is 10.3 Å². The Kier molecular flexibility index (Phi) is 6.33. The minimum absolute atomic E-state index is 0.107. The minimum atomic E-state index is -0.840. The maximum atomic E-state index is 13.4. The summed E-state index contributed by atoms with van der Waals surface area (Å²) < 4.78 is 18.6. The third kappa shape index (κ3) is 4.16. The van der Waals surface area contributed by atoms with E-state index in [0.717, 1.165) is 5.56 Å². The maximum absolute atomic E-state index is 13.4. The van der Waals surface area contributed by atoms with Gasteiger partial charge in [-0.1, -0.05) is 35.3 Å². The highest BCUT2D eigenvalue weighted by molar-refractivity contribution is 8.00. The van der Waals surface area contributed by atoms with Gasteiger partial charge in [-0.3, -0.25) is 9.59 Å². The van der Waals surface area contributed by atoms with E-state index in [4.69, 9.17) is 27.9 Å². The van der Waals surface area contributed by atoms with Crippen LogP contribution in [-0.2, 0) is 24.0 Å². The van der Waals surface area contributed by atoms with Gasteiger partial charge >= 0.3 is 5.97 Å². The number of fused-ring (bicyclic) bond motifs is 1. The van der Waals surface area contributed by atoms with E-state index >= 15 is 0 Å². The van der Waals surface area contributed by atoms with E-state index in [1.807, 2.05) is 0 Å². The van der Waals surface area contributed by atoms with Crippen LogP contribution in [0.25, 0.3) is 0 Å². The molecule has 2 aliphatic heterocycles. The largest absolute Gasteiger partial charge is 0.454 e. The quantitative estimate of drug-likeness (QED) is 0.630. The first kappa shape index (κ1) is 22.8. The second-order valence-corrected chi connectivity index (χ2v) is 9.54. The van der Waals surface area contributed by atoms with Gasteiger partial charge in [0.2, 0.25) is 5.91 Å². The van der Waals surface area contributed by atoms with Crippen LogP contribution < -0.4 is 5.32 Å². The predicted octanol–water partition coefficient (Wildman–Crippen LogP) is 3.91. The van der Waals surface area contributed by atoms with Crippen LogP contribution in [0.5, 0.6) is 0 Å². The second kappa shape index (κ2) is 8.88. The number of carbonyl (C=O) groups excluding carboxylic acids is 3. The van der Waals surface area contributed by atoms with E-state index in [0.29, 0.717) is 22.9 Å². The summed E-state index contributed by atoms with van der Waals surface area (Å²) in [4.78, 5) is 42.5. The fourth-order valence-corrected chi connectivity index (χ4v) is 5.92. The monoisotopic (exact) mass is 497 g/mol. The molecule has 1 N–H and O–H groups in total. The van der Waals surface area contributed by atoms with E-state index in [1.54, 1.807) is 19.1 Å². The second-order valence-electron chi connectivity index (χ2n) is 7.42. The summed E-state index contributed by atoms with van der Waals surface area (Å²) in [5, 5.41) is 2.99. The van der Waals surface area contributed by atoms with Crippen LogP contribution in [0, 0.1) is 12.7 Å². The number of aromatic nitrogens is 1. The van der Waals surface area contributed by atoms with E-state index < -0.39 is 29.4 Å². The molecule has 7 nitrogen and oxygen atoms in total. The van der Waals surface area contributed by atoms with Gasteiger partial charge in [-0.15, -0.1) is 11.8 Å². The third-order valence-electron chi connectivity index (χ3n) is 5.40. The number of anilines is 1. The molecule has 3 heterocycles. The van der Waals surface area contributed by atoms with Gasteiger partial charge in [-0.2, -0.15) is 0 Å². The molecule has 0 unspecified atom stereocenters. The number of benzene rings is 1. The van der Waals surface area contributed by atoms with E-state index in [1.165, 1.54) is 34.9 Å². The van der Waals surface area contributed by atoms with Gasteiger partial charge < -0.3 is 15.0 Å². The van der Waals surface area contributed by atoms with Crippen molar-refractivity contribution in [2.45, 2.75) is 30.7 Å². The fourth-order valence-electron chi connectivity index (χ4n) is 3.88. The molecular formula is C21H18Cl2FN3O4S. The molecular weight excluding hydrogens is 480 g/mol. The number of halogens is 3. The first-order valence-electron chi connectivity index (χ1n) is 9.72. The molecule has 2 saturated heterocycles. The number of carbonyl (C=O) groups is 3. The van der Waals surface area contributed by atoms with Crippen LogP contribution in [0.1, 0.15) is 24.1 Å². The third-order valence-corrected chi connectivity index (χ3v) is 7.67. The summed E-state index contributed by atoms with van der Waals surface area (Å²) in [6, 6.07) is 6.53. The predicted molar refractivity (Wildman–Crippen MR) is 119 cm³/mol. The van der Waals surface area contributed by atoms with Gasteiger partial charge in [0, 0.05) is 12.2 Å². The lowest BCUT2D eigenvalue weighted by Crippen LogP contribution is -2.47. The average molecular weight is 498 g/mol. The number of amides is 2. The lowest BCUT2D eigenvalue weighted by atomic mass is 10.0. The number of rotatable bonds is 5. The molecule has 1 aromatic carbocycles. The molecule has 0 radical (unpaired) electrons. The first-order chi connectivity index (χ1) is 15.2. The molecule has 2 fully saturated rings. The van der Waals surface area contributed by atoms with Crippen molar-refractivity contribution in [1.82, 2.24) is 9.88 Å². The summed E-state index contributed by atoms with van der Waals surface area (Å²) in [6.45, 7) is 1.10. The Morgan fingerprint density at radius 1 is 1.31 bits per heavy atom. The van der Waals surface area contributed by atoms with Crippen LogP contribution in [-0.4, -0.2) is 46.1 Å². The molecule has 4 rings (SSSR count). The lowest BCUT2D eigenvalue weighted by molar-refractivity contribution is -0.155. The Bertz CT molecular complexity index is 1100. The van der Waals surface area contributed by atoms with Crippen molar-refractivity contribution in [3.8, 4) is 0 Å². The molecule has 2 atom stereocenters. The average Bonchev–Trinajstić information content (AvgIpc) is 3.30. The van der Waals surface area contributed by atoms with Gasteiger partial charge in [-0.25, -0.2) is 14.2 Å². The number of nitrogens with one attached hydrogen (secondary N) is 1. The van der Waals surface area contributed by atoms with Gasteiger partial charge in [0.1, 0.15) is 16.7 Å². The topological polar surface area (TPSA) is 88.6 Å². The lowest BCUT2D eigenvalue weighted by Gasteiger charge is -2.33. The Morgan fingerprint density at radius 2 is 2.03 bits per heavy atom. The van der Waals surface area contributed by atoms with Crippen molar-refractivity contribution in [3.63, 3.8) is 0 Å². The zero-order valence-corrected chi connectivity index (χ0v) is 19.2. The molecule has 0 spiro atoms. The zero-order valence-electron chi connectivity index (χ0n) is 16.9. The molecule has 1 aromatic heterocycles. The Labute approximate surface area is 197 Å². The van der Waals surface area contributed by atoms with E-state index in [-0.39, 0.29) is 29.0 Å². The highest BCUT2D eigenvalue weighted by atomic mass is 35.5. The zero-order chi connectivity index (χ0) is 23.0. The number of pyridine rings is 1. The molecule has 2 amide bonds. The van der Waals surface area contributed by atoms with E-state index in [9.17, 15) is 18.8 Å².